The molecule has 2 aliphatic heterocycles. The SMILES string of the molecule is COc1cccc(C(C)N2CCN(c3ccc(S(=O)(=O)N4CCCCC4)cn3)CC2)c1. The molecule has 2 aromatic rings. The summed E-state index contributed by atoms with van der Waals surface area (Å²) in [6.07, 6.45) is 4.49. The number of ether oxygens (including phenoxy) is 1. The van der Waals surface area contributed by atoms with E-state index in [1.54, 1.807) is 17.5 Å². The molecule has 1 unspecified atom stereocenters. The third-order valence-corrected chi connectivity index (χ3v) is 8.32. The molecule has 1 aromatic heterocycles. The molecule has 0 spiro atoms. The van der Waals surface area contributed by atoms with Crippen molar-refractivity contribution in [1.82, 2.24) is 14.2 Å². The third kappa shape index (κ3) is 4.86. The van der Waals surface area contributed by atoms with Gasteiger partial charge in [0.2, 0.25) is 10.0 Å². The van der Waals surface area contributed by atoms with Crippen molar-refractivity contribution in [2.45, 2.75) is 37.1 Å². The zero-order valence-electron chi connectivity index (χ0n) is 18.4. The average molecular weight is 445 g/mol. The Morgan fingerprint density at radius 2 is 1.71 bits per heavy atom. The molecule has 0 aliphatic carbocycles. The van der Waals surface area contributed by atoms with E-state index in [0.717, 1.165) is 57.0 Å². The summed E-state index contributed by atoms with van der Waals surface area (Å²) >= 11 is 0. The van der Waals surface area contributed by atoms with E-state index in [0.29, 0.717) is 24.0 Å². The molecule has 2 aliphatic rings. The van der Waals surface area contributed by atoms with Gasteiger partial charge in [0.05, 0.1) is 7.11 Å². The zero-order chi connectivity index (χ0) is 21.8. The summed E-state index contributed by atoms with van der Waals surface area (Å²) in [7, 11) is -1.74. The maximum atomic E-state index is 12.8. The molecule has 1 aromatic carbocycles. The van der Waals surface area contributed by atoms with Crippen LogP contribution in [0.2, 0.25) is 0 Å². The first-order chi connectivity index (χ1) is 15.0. The van der Waals surface area contributed by atoms with Gasteiger partial charge in [0.1, 0.15) is 16.5 Å². The van der Waals surface area contributed by atoms with Gasteiger partial charge in [-0.05, 0) is 49.6 Å². The lowest BCUT2D eigenvalue weighted by Gasteiger charge is -2.38. The van der Waals surface area contributed by atoms with Crippen LogP contribution in [0.4, 0.5) is 5.82 Å². The van der Waals surface area contributed by atoms with Crippen LogP contribution in [0.15, 0.2) is 47.5 Å². The number of sulfonamides is 1. The molecule has 2 saturated heterocycles. The fourth-order valence-electron chi connectivity index (χ4n) is 4.42. The largest absolute Gasteiger partial charge is 0.497 e. The van der Waals surface area contributed by atoms with Gasteiger partial charge in [0, 0.05) is 51.5 Å². The Morgan fingerprint density at radius 1 is 0.968 bits per heavy atom. The van der Waals surface area contributed by atoms with Crippen LogP contribution in [-0.2, 0) is 10.0 Å². The van der Waals surface area contributed by atoms with Gasteiger partial charge in [0.15, 0.2) is 0 Å². The van der Waals surface area contributed by atoms with Crippen LogP contribution in [0.5, 0.6) is 5.75 Å². The second-order valence-corrected chi connectivity index (χ2v) is 10.2. The molecule has 0 bridgehead atoms. The highest BCUT2D eigenvalue weighted by Crippen LogP contribution is 2.26. The maximum Gasteiger partial charge on any atom is 0.244 e. The number of hydrogen-bond donors (Lipinski definition) is 0. The van der Waals surface area contributed by atoms with E-state index in [2.05, 4.69) is 33.8 Å². The number of aromatic nitrogens is 1. The summed E-state index contributed by atoms with van der Waals surface area (Å²) in [5.74, 6) is 1.72. The topological polar surface area (TPSA) is 66.0 Å². The summed E-state index contributed by atoms with van der Waals surface area (Å²) in [6, 6.07) is 12.1. The fourth-order valence-corrected chi connectivity index (χ4v) is 5.88. The molecule has 0 N–H and O–H groups in total. The van der Waals surface area contributed by atoms with E-state index in [9.17, 15) is 8.42 Å². The second kappa shape index (κ2) is 9.54. The minimum Gasteiger partial charge on any atom is -0.497 e. The fraction of sp³-hybridized carbons (Fsp3) is 0.522. The third-order valence-electron chi connectivity index (χ3n) is 6.44. The van der Waals surface area contributed by atoms with Crippen molar-refractivity contribution in [3.63, 3.8) is 0 Å². The molecule has 0 radical (unpaired) electrons. The first-order valence-electron chi connectivity index (χ1n) is 11.1. The van der Waals surface area contributed by atoms with Gasteiger partial charge in [0.25, 0.3) is 0 Å². The van der Waals surface area contributed by atoms with Crippen molar-refractivity contribution in [3.8, 4) is 5.75 Å². The van der Waals surface area contributed by atoms with Crippen molar-refractivity contribution >= 4 is 15.8 Å². The molecule has 1 atom stereocenters. The van der Waals surface area contributed by atoms with Gasteiger partial charge in [-0.1, -0.05) is 18.6 Å². The summed E-state index contributed by atoms with van der Waals surface area (Å²) in [4.78, 5) is 9.48. The monoisotopic (exact) mass is 444 g/mol. The molecule has 3 heterocycles. The van der Waals surface area contributed by atoms with Crippen LogP contribution in [0.25, 0.3) is 0 Å². The Morgan fingerprint density at radius 3 is 2.35 bits per heavy atom. The smallest absolute Gasteiger partial charge is 0.244 e. The standard InChI is InChI=1S/C23H32N4O3S/c1-19(20-7-6-8-21(17-20)30-2)25-13-15-26(16-14-25)23-10-9-22(18-24-23)31(28,29)27-11-4-3-5-12-27/h6-10,17-19H,3-5,11-16H2,1-2H3. The molecule has 168 valence electrons. The Labute approximate surface area is 185 Å². The number of rotatable bonds is 6. The van der Waals surface area contributed by atoms with Gasteiger partial charge >= 0.3 is 0 Å². The first kappa shape index (κ1) is 22.0. The van der Waals surface area contributed by atoms with Crippen molar-refractivity contribution < 1.29 is 13.2 Å². The lowest BCUT2D eigenvalue weighted by atomic mass is 10.1. The number of anilines is 1. The summed E-state index contributed by atoms with van der Waals surface area (Å²) in [6.45, 7) is 7.01. The minimum atomic E-state index is -3.43. The Bertz CT molecular complexity index is 967. The number of pyridine rings is 1. The summed E-state index contributed by atoms with van der Waals surface area (Å²) < 4.78 is 32.6. The molecule has 0 amide bonds. The molecule has 7 nitrogen and oxygen atoms in total. The first-order valence-corrected chi connectivity index (χ1v) is 12.5. The van der Waals surface area contributed by atoms with Crippen LogP contribution in [0.3, 0.4) is 0 Å². The predicted molar refractivity (Wildman–Crippen MR) is 122 cm³/mol. The van der Waals surface area contributed by atoms with Gasteiger partial charge < -0.3 is 9.64 Å². The van der Waals surface area contributed by atoms with Crippen LogP contribution in [0, 0.1) is 0 Å². The highest BCUT2D eigenvalue weighted by atomic mass is 32.2. The second-order valence-electron chi connectivity index (χ2n) is 8.29. The highest BCUT2D eigenvalue weighted by molar-refractivity contribution is 7.89. The lowest BCUT2D eigenvalue weighted by molar-refractivity contribution is 0.198. The van der Waals surface area contributed by atoms with Gasteiger partial charge in [-0.25, -0.2) is 13.4 Å². The molecule has 8 heteroatoms. The normalized spacial score (nSPS) is 19.9. The van der Waals surface area contributed by atoms with Crippen LogP contribution in [-0.4, -0.2) is 69.0 Å². The molecular formula is C23H32N4O3S. The Hall–Kier alpha value is -2.16. The lowest BCUT2D eigenvalue weighted by Crippen LogP contribution is -2.47. The van der Waals surface area contributed by atoms with E-state index < -0.39 is 10.0 Å². The molecule has 31 heavy (non-hydrogen) atoms. The highest BCUT2D eigenvalue weighted by Gasteiger charge is 2.27. The van der Waals surface area contributed by atoms with E-state index >= 15 is 0 Å². The van der Waals surface area contributed by atoms with Gasteiger partial charge in [-0.15, -0.1) is 0 Å². The van der Waals surface area contributed by atoms with Crippen molar-refractivity contribution in [2.24, 2.45) is 0 Å². The van der Waals surface area contributed by atoms with Crippen molar-refractivity contribution in [3.05, 3.63) is 48.2 Å². The van der Waals surface area contributed by atoms with Gasteiger partial charge in [-0.2, -0.15) is 4.31 Å². The van der Waals surface area contributed by atoms with E-state index in [-0.39, 0.29) is 0 Å². The number of piperazine rings is 1. The van der Waals surface area contributed by atoms with Crippen LogP contribution >= 0.6 is 0 Å². The molecule has 0 saturated carbocycles. The quantitative estimate of drug-likeness (QED) is 0.682. The number of nitrogens with zero attached hydrogens (tertiary/aromatic N) is 4. The van der Waals surface area contributed by atoms with Crippen molar-refractivity contribution in [2.75, 3.05) is 51.3 Å². The average Bonchev–Trinajstić information content (AvgIpc) is 2.84. The number of benzene rings is 1. The zero-order valence-corrected chi connectivity index (χ0v) is 19.2. The molecule has 2 fully saturated rings. The Balaban J connectivity index is 1.37. The maximum absolute atomic E-state index is 12.8. The van der Waals surface area contributed by atoms with E-state index in [1.807, 2.05) is 18.2 Å². The van der Waals surface area contributed by atoms with Crippen LogP contribution < -0.4 is 9.64 Å². The number of hydrogen-bond acceptors (Lipinski definition) is 6. The van der Waals surface area contributed by atoms with E-state index in [4.69, 9.17) is 4.74 Å². The number of piperidine rings is 1. The summed E-state index contributed by atoms with van der Waals surface area (Å²) in [5.41, 5.74) is 1.25. The Kier molecular flexibility index (Phi) is 6.79. The van der Waals surface area contributed by atoms with Crippen molar-refractivity contribution in [1.29, 1.82) is 0 Å². The van der Waals surface area contributed by atoms with Crippen LogP contribution in [0.1, 0.15) is 37.8 Å². The van der Waals surface area contributed by atoms with E-state index in [1.165, 1.54) is 11.8 Å². The minimum absolute atomic E-state index is 0.295. The predicted octanol–water partition coefficient (Wildman–Crippen LogP) is 3.15. The molecular weight excluding hydrogens is 412 g/mol. The summed E-state index contributed by atoms with van der Waals surface area (Å²) in [5, 5.41) is 0. The van der Waals surface area contributed by atoms with Gasteiger partial charge in [-0.3, -0.25) is 4.90 Å². The number of methoxy groups -OCH3 is 1. The molecule has 4 rings (SSSR count).